The van der Waals surface area contributed by atoms with Gasteiger partial charge in [0.1, 0.15) is 16.8 Å². The summed E-state index contributed by atoms with van der Waals surface area (Å²) in [6.07, 6.45) is 1.73. The molecule has 0 saturated heterocycles. The van der Waals surface area contributed by atoms with Crippen molar-refractivity contribution >= 4 is 33.2 Å². The van der Waals surface area contributed by atoms with Gasteiger partial charge in [-0.25, -0.2) is 4.98 Å². The van der Waals surface area contributed by atoms with Crippen LogP contribution in [0.2, 0.25) is 0 Å². The molecule has 3 aromatic rings. The second-order valence-corrected chi connectivity index (χ2v) is 5.28. The van der Waals surface area contributed by atoms with Crippen molar-refractivity contribution < 1.29 is 5.11 Å². The lowest BCUT2D eigenvalue weighted by Crippen LogP contribution is -1.80. The number of hydrogen-bond donors (Lipinski definition) is 1. The summed E-state index contributed by atoms with van der Waals surface area (Å²) in [5.41, 5.74) is 2.17. The van der Waals surface area contributed by atoms with E-state index in [-0.39, 0.29) is 5.75 Å². The number of allylic oxidation sites excluding steroid dienone is 1. The lowest BCUT2D eigenvalue weighted by Gasteiger charge is -1.96. The van der Waals surface area contributed by atoms with Crippen LogP contribution in [0.3, 0.4) is 0 Å². The molecular weight excluding hydrogens is 268 g/mol. The first-order valence-corrected chi connectivity index (χ1v) is 6.85. The van der Waals surface area contributed by atoms with Gasteiger partial charge in [-0.3, -0.25) is 0 Å². The fraction of sp³-hybridized carbons (Fsp3) is 0. The number of nitrogens with zero attached hydrogens (tertiary/aromatic N) is 2. The number of phenols is 1. The molecule has 20 heavy (non-hydrogen) atoms. The van der Waals surface area contributed by atoms with E-state index < -0.39 is 0 Å². The summed E-state index contributed by atoms with van der Waals surface area (Å²) >= 11 is 1.49. The van der Waals surface area contributed by atoms with Gasteiger partial charge in [0.25, 0.3) is 0 Å². The van der Waals surface area contributed by atoms with Crippen molar-refractivity contribution in [2.45, 2.75) is 0 Å². The Morgan fingerprint density at radius 1 is 1.20 bits per heavy atom. The highest BCUT2D eigenvalue weighted by Crippen LogP contribution is 2.28. The van der Waals surface area contributed by atoms with E-state index in [9.17, 15) is 10.4 Å². The molecule has 0 radical (unpaired) electrons. The molecule has 0 atom stereocenters. The second-order valence-electron chi connectivity index (χ2n) is 4.25. The van der Waals surface area contributed by atoms with Crippen molar-refractivity contribution in [3.8, 4) is 11.8 Å². The van der Waals surface area contributed by atoms with Crippen molar-refractivity contribution in [2.24, 2.45) is 0 Å². The van der Waals surface area contributed by atoms with E-state index in [1.165, 1.54) is 11.3 Å². The van der Waals surface area contributed by atoms with E-state index >= 15 is 0 Å². The topological polar surface area (TPSA) is 56.9 Å². The second kappa shape index (κ2) is 5.16. The summed E-state index contributed by atoms with van der Waals surface area (Å²) in [5, 5.41) is 19.5. The van der Waals surface area contributed by atoms with Crippen LogP contribution in [0.5, 0.6) is 5.75 Å². The number of hydrogen-bond acceptors (Lipinski definition) is 4. The van der Waals surface area contributed by atoms with Gasteiger partial charge < -0.3 is 5.11 Å². The first-order valence-electron chi connectivity index (χ1n) is 6.03. The third-order valence-electron chi connectivity index (χ3n) is 2.83. The van der Waals surface area contributed by atoms with E-state index in [1.807, 2.05) is 30.3 Å². The third kappa shape index (κ3) is 2.40. The number of aromatic hydroxyl groups is 1. The molecule has 0 aliphatic heterocycles. The van der Waals surface area contributed by atoms with E-state index in [1.54, 1.807) is 24.3 Å². The number of fused-ring (bicyclic) bond motifs is 1. The number of para-hydroxylation sites is 1. The van der Waals surface area contributed by atoms with Crippen molar-refractivity contribution in [1.82, 2.24) is 4.98 Å². The molecule has 3 nitrogen and oxygen atoms in total. The highest BCUT2D eigenvalue weighted by molar-refractivity contribution is 7.19. The van der Waals surface area contributed by atoms with Gasteiger partial charge in [0, 0.05) is 0 Å². The predicted octanol–water partition coefficient (Wildman–Crippen LogP) is 4.07. The van der Waals surface area contributed by atoms with E-state index in [0.29, 0.717) is 10.6 Å². The fourth-order valence-electron chi connectivity index (χ4n) is 1.91. The minimum absolute atomic E-state index is 0.181. The van der Waals surface area contributed by atoms with Crippen LogP contribution in [0.25, 0.3) is 21.9 Å². The Hall–Kier alpha value is -2.64. The lowest BCUT2D eigenvalue weighted by molar-refractivity contribution is 0.475. The van der Waals surface area contributed by atoms with Crippen LogP contribution in [0, 0.1) is 11.3 Å². The Kier molecular flexibility index (Phi) is 3.20. The molecule has 0 unspecified atom stereocenters. The van der Waals surface area contributed by atoms with Gasteiger partial charge in [-0.05, 0) is 35.9 Å². The highest BCUT2D eigenvalue weighted by Gasteiger charge is 2.08. The molecule has 96 valence electrons. The maximum atomic E-state index is 9.46. The molecule has 1 N–H and O–H groups in total. The van der Waals surface area contributed by atoms with Gasteiger partial charge in [-0.2, -0.15) is 5.26 Å². The molecule has 0 bridgehead atoms. The van der Waals surface area contributed by atoms with Crippen molar-refractivity contribution in [2.75, 3.05) is 0 Å². The Labute approximate surface area is 120 Å². The largest absolute Gasteiger partial charge is 0.508 e. The number of rotatable bonds is 2. The predicted molar refractivity (Wildman–Crippen MR) is 81.2 cm³/mol. The molecule has 1 heterocycles. The quantitative estimate of drug-likeness (QED) is 0.719. The van der Waals surface area contributed by atoms with Gasteiger partial charge in [-0.1, -0.05) is 24.3 Å². The molecular formula is C16H10N2OS. The third-order valence-corrected chi connectivity index (χ3v) is 3.90. The number of nitriles is 1. The number of thiazole rings is 1. The van der Waals surface area contributed by atoms with Crippen LogP contribution in [0.4, 0.5) is 0 Å². The van der Waals surface area contributed by atoms with Crippen LogP contribution in [-0.4, -0.2) is 10.1 Å². The molecule has 0 spiro atoms. The Bertz CT molecular complexity index is 810. The maximum Gasteiger partial charge on any atom is 0.135 e. The summed E-state index contributed by atoms with van der Waals surface area (Å²) in [4.78, 5) is 4.47. The normalized spacial score (nSPS) is 11.4. The molecule has 1 aromatic heterocycles. The van der Waals surface area contributed by atoms with Gasteiger partial charge in [0.15, 0.2) is 0 Å². The molecule has 0 fully saturated rings. The smallest absolute Gasteiger partial charge is 0.135 e. The number of aromatic nitrogens is 1. The molecule has 0 aliphatic rings. The average molecular weight is 278 g/mol. The zero-order valence-electron chi connectivity index (χ0n) is 10.4. The number of benzene rings is 2. The van der Waals surface area contributed by atoms with Crippen LogP contribution in [-0.2, 0) is 0 Å². The van der Waals surface area contributed by atoms with Crippen molar-refractivity contribution in [3.05, 3.63) is 59.1 Å². The Balaban J connectivity index is 2.07. The Morgan fingerprint density at radius 2 is 2.05 bits per heavy atom. The highest BCUT2D eigenvalue weighted by atomic mass is 32.1. The van der Waals surface area contributed by atoms with Gasteiger partial charge >= 0.3 is 0 Å². The summed E-state index contributed by atoms with van der Waals surface area (Å²) < 4.78 is 1.06. The number of phenolic OH excluding ortho intramolecular Hbond substituents is 1. The SMILES string of the molecule is N#C/C(=C\c1cccc(O)c1)c1nc2ccccc2s1. The molecule has 0 saturated carbocycles. The van der Waals surface area contributed by atoms with Crippen LogP contribution < -0.4 is 0 Å². The minimum Gasteiger partial charge on any atom is -0.508 e. The standard InChI is InChI=1S/C16H10N2OS/c17-10-12(8-11-4-3-5-13(19)9-11)16-18-14-6-1-2-7-15(14)20-16/h1-9,19H/b12-8+. The first kappa shape index (κ1) is 12.4. The fourth-order valence-corrected chi connectivity index (χ4v) is 2.84. The molecule has 2 aromatic carbocycles. The van der Waals surface area contributed by atoms with Gasteiger partial charge in [0.2, 0.25) is 0 Å². The van der Waals surface area contributed by atoms with E-state index in [4.69, 9.17) is 0 Å². The molecule has 0 amide bonds. The van der Waals surface area contributed by atoms with Gasteiger partial charge in [0.05, 0.1) is 15.8 Å². The van der Waals surface area contributed by atoms with E-state index in [2.05, 4.69) is 11.1 Å². The summed E-state index contributed by atoms with van der Waals surface area (Å²) in [6, 6.07) is 16.8. The van der Waals surface area contributed by atoms with E-state index in [0.717, 1.165) is 15.8 Å². The zero-order chi connectivity index (χ0) is 13.9. The van der Waals surface area contributed by atoms with Crippen LogP contribution in [0.1, 0.15) is 10.6 Å². The molecule has 4 heteroatoms. The van der Waals surface area contributed by atoms with Crippen molar-refractivity contribution in [1.29, 1.82) is 5.26 Å². The summed E-state index contributed by atoms with van der Waals surface area (Å²) in [6.45, 7) is 0. The summed E-state index contributed by atoms with van der Waals surface area (Å²) in [7, 11) is 0. The van der Waals surface area contributed by atoms with Crippen molar-refractivity contribution in [3.63, 3.8) is 0 Å². The lowest BCUT2D eigenvalue weighted by atomic mass is 10.1. The maximum absolute atomic E-state index is 9.46. The van der Waals surface area contributed by atoms with Gasteiger partial charge in [-0.15, -0.1) is 11.3 Å². The molecule has 0 aliphatic carbocycles. The average Bonchev–Trinajstić information content (AvgIpc) is 2.88. The monoisotopic (exact) mass is 278 g/mol. The summed E-state index contributed by atoms with van der Waals surface area (Å²) in [5.74, 6) is 0.181. The van der Waals surface area contributed by atoms with Crippen LogP contribution in [0.15, 0.2) is 48.5 Å². The first-order chi connectivity index (χ1) is 9.76. The minimum atomic E-state index is 0.181. The molecule has 3 rings (SSSR count). The Morgan fingerprint density at radius 3 is 2.80 bits per heavy atom. The zero-order valence-corrected chi connectivity index (χ0v) is 11.3. The van der Waals surface area contributed by atoms with Crippen LogP contribution >= 0.6 is 11.3 Å².